The molecule has 1 unspecified atom stereocenters. The Hall–Kier alpha value is -2.06. The molecule has 18 heavy (non-hydrogen) atoms. The van der Waals surface area contributed by atoms with Crippen LogP contribution < -0.4 is 5.73 Å². The van der Waals surface area contributed by atoms with Crippen molar-refractivity contribution in [1.29, 1.82) is 5.26 Å². The van der Waals surface area contributed by atoms with Crippen molar-refractivity contribution in [2.75, 3.05) is 25.4 Å². The minimum Gasteiger partial charge on any atom is -0.399 e. The molecule has 1 aliphatic rings. The van der Waals surface area contributed by atoms with E-state index in [2.05, 4.69) is 0 Å². The number of nitriles is 1. The number of hydrogen-bond acceptors (Lipinski definition) is 4. The Labute approximate surface area is 106 Å². The summed E-state index contributed by atoms with van der Waals surface area (Å²) in [6.45, 7) is 3.10. The average molecular weight is 245 g/mol. The number of rotatable bonds is 1. The van der Waals surface area contributed by atoms with Crippen LogP contribution in [0.2, 0.25) is 0 Å². The summed E-state index contributed by atoms with van der Waals surface area (Å²) in [6, 6.07) is 7.30. The maximum Gasteiger partial charge on any atom is 0.254 e. The highest BCUT2D eigenvalue weighted by atomic mass is 16.5. The summed E-state index contributed by atoms with van der Waals surface area (Å²) in [6.07, 6.45) is -0.537. The van der Waals surface area contributed by atoms with Crippen molar-refractivity contribution in [1.82, 2.24) is 4.90 Å². The molecule has 1 fully saturated rings. The molecule has 94 valence electrons. The van der Waals surface area contributed by atoms with Gasteiger partial charge < -0.3 is 15.4 Å². The molecule has 0 radical (unpaired) electrons. The SMILES string of the molecule is Cc1cc(N)cc(C(=O)N2CCOC(C#N)C2)c1. The van der Waals surface area contributed by atoms with Gasteiger partial charge in [-0.2, -0.15) is 5.26 Å². The number of nitrogen functional groups attached to an aromatic ring is 1. The van der Waals surface area contributed by atoms with E-state index in [-0.39, 0.29) is 5.91 Å². The summed E-state index contributed by atoms with van der Waals surface area (Å²) >= 11 is 0. The van der Waals surface area contributed by atoms with Crippen molar-refractivity contribution < 1.29 is 9.53 Å². The number of ether oxygens (including phenoxy) is 1. The van der Waals surface area contributed by atoms with Crippen LogP contribution in [0.1, 0.15) is 15.9 Å². The van der Waals surface area contributed by atoms with E-state index in [0.717, 1.165) is 5.56 Å². The van der Waals surface area contributed by atoms with Crippen molar-refractivity contribution in [2.45, 2.75) is 13.0 Å². The standard InChI is InChI=1S/C13H15N3O2/c1-9-4-10(6-11(15)5-9)13(17)16-2-3-18-12(7-14)8-16/h4-6,12H,2-3,8,15H2,1H3. The third-order valence-corrected chi connectivity index (χ3v) is 2.84. The van der Waals surface area contributed by atoms with Crippen molar-refractivity contribution in [3.63, 3.8) is 0 Å². The highest BCUT2D eigenvalue weighted by Gasteiger charge is 2.24. The van der Waals surface area contributed by atoms with Crippen molar-refractivity contribution in [3.05, 3.63) is 29.3 Å². The van der Waals surface area contributed by atoms with Gasteiger partial charge in [-0.1, -0.05) is 0 Å². The Morgan fingerprint density at radius 3 is 3.00 bits per heavy atom. The fourth-order valence-corrected chi connectivity index (χ4v) is 2.03. The highest BCUT2D eigenvalue weighted by molar-refractivity contribution is 5.95. The lowest BCUT2D eigenvalue weighted by Gasteiger charge is -2.29. The minimum atomic E-state index is -0.537. The lowest BCUT2D eigenvalue weighted by Crippen LogP contribution is -2.45. The van der Waals surface area contributed by atoms with Crippen molar-refractivity contribution >= 4 is 11.6 Å². The van der Waals surface area contributed by atoms with E-state index in [1.54, 1.807) is 17.0 Å². The fourth-order valence-electron chi connectivity index (χ4n) is 2.03. The predicted molar refractivity (Wildman–Crippen MR) is 66.8 cm³/mol. The third kappa shape index (κ3) is 2.60. The number of morpholine rings is 1. The monoisotopic (exact) mass is 245 g/mol. The summed E-state index contributed by atoms with van der Waals surface area (Å²) in [5.41, 5.74) is 7.81. The Balaban J connectivity index is 2.18. The molecular formula is C13H15N3O2. The molecule has 2 N–H and O–H groups in total. The van der Waals surface area contributed by atoms with Crippen LogP contribution in [-0.4, -0.2) is 36.6 Å². The predicted octanol–water partition coefficient (Wildman–Crippen LogP) is 0.942. The smallest absolute Gasteiger partial charge is 0.254 e. The van der Waals surface area contributed by atoms with Gasteiger partial charge in [0.1, 0.15) is 0 Å². The highest BCUT2D eigenvalue weighted by Crippen LogP contribution is 2.15. The molecular weight excluding hydrogens is 230 g/mol. The maximum absolute atomic E-state index is 12.3. The van der Waals surface area contributed by atoms with Gasteiger partial charge >= 0.3 is 0 Å². The first-order valence-electron chi connectivity index (χ1n) is 5.78. The topological polar surface area (TPSA) is 79.3 Å². The molecule has 1 aliphatic heterocycles. The van der Waals surface area contributed by atoms with Crippen molar-refractivity contribution in [3.8, 4) is 6.07 Å². The van der Waals surface area contributed by atoms with Crippen LogP contribution in [0.25, 0.3) is 0 Å². The molecule has 1 atom stereocenters. The second-order valence-electron chi connectivity index (χ2n) is 4.37. The number of aryl methyl sites for hydroxylation is 1. The lowest BCUT2D eigenvalue weighted by atomic mass is 10.1. The first-order valence-corrected chi connectivity index (χ1v) is 5.78. The lowest BCUT2D eigenvalue weighted by molar-refractivity contribution is 0.00347. The number of nitrogens with two attached hydrogens (primary N) is 1. The Morgan fingerprint density at radius 2 is 2.33 bits per heavy atom. The van der Waals surface area contributed by atoms with E-state index in [0.29, 0.717) is 30.9 Å². The molecule has 2 rings (SSSR count). The van der Waals surface area contributed by atoms with E-state index < -0.39 is 6.10 Å². The molecule has 1 aromatic carbocycles. The van der Waals surface area contributed by atoms with E-state index in [4.69, 9.17) is 15.7 Å². The molecule has 1 aromatic rings. The van der Waals surface area contributed by atoms with Crippen LogP contribution in [0, 0.1) is 18.3 Å². The molecule has 1 amide bonds. The zero-order valence-electron chi connectivity index (χ0n) is 10.2. The summed E-state index contributed by atoms with van der Waals surface area (Å²) in [4.78, 5) is 13.9. The van der Waals surface area contributed by atoms with Gasteiger partial charge in [-0.15, -0.1) is 0 Å². The Kier molecular flexibility index (Phi) is 3.49. The van der Waals surface area contributed by atoms with E-state index in [9.17, 15) is 4.79 Å². The molecule has 1 saturated heterocycles. The summed E-state index contributed by atoms with van der Waals surface area (Å²) in [5, 5.41) is 8.82. The average Bonchev–Trinajstić information content (AvgIpc) is 2.37. The van der Waals surface area contributed by atoms with Gasteiger partial charge in [0.25, 0.3) is 5.91 Å². The van der Waals surface area contributed by atoms with Gasteiger partial charge in [0.15, 0.2) is 6.10 Å². The first-order chi connectivity index (χ1) is 8.60. The molecule has 0 bridgehead atoms. The van der Waals surface area contributed by atoms with E-state index in [1.165, 1.54) is 0 Å². The molecule has 0 aromatic heterocycles. The molecule has 5 heteroatoms. The van der Waals surface area contributed by atoms with Gasteiger partial charge in [-0.25, -0.2) is 0 Å². The molecule has 5 nitrogen and oxygen atoms in total. The summed E-state index contributed by atoms with van der Waals surface area (Å²) in [7, 11) is 0. The molecule has 0 spiro atoms. The van der Waals surface area contributed by atoms with Gasteiger partial charge in [-0.3, -0.25) is 4.79 Å². The Morgan fingerprint density at radius 1 is 1.56 bits per heavy atom. The number of anilines is 1. The largest absolute Gasteiger partial charge is 0.399 e. The van der Waals surface area contributed by atoms with E-state index in [1.807, 2.05) is 19.1 Å². The quantitative estimate of drug-likeness (QED) is 0.747. The number of carbonyl (C=O) groups is 1. The van der Waals surface area contributed by atoms with Gasteiger partial charge in [0.05, 0.1) is 19.2 Å². The molecule has 1 heterocycles. The third-order valence-electron chi connectivity index (χ3n) is 2.84. The second-order valence-corrected chi connectivity index (χ2v) is 4.37. The number of benzene rings is 1. The van der Waals surface area contributed by atoms with Crippen LogP contribution in [0.15, 0.2) is 18.2 Å². The van der Waals surface area contributed by atoms with Gasteiger partial charge in [0.2, 0.25) is 0 Å². The van der Waals surface area contributed by atoms with Gasteiger partial charge in [-0.05, 0) is 30.7 Å². The number of carbonyl (C=O) groups excluding carboxylic acids is 1. The zero-order valence-corrected chi connectivity index (χ0v) is 10.2. The number of nitrogens with zero attached hydrogens (tertiary/aromatic N) is 2. The summed E-state index contributed by atoms with van der Waals surface area (Å²) < 4.78 is 5.21. The Bertz CT molecular complexity index is 487. The van der Waals surface area contributed by atoms with Crippen LogP contribution in [0.5, 0.6) is 0 Å². The van der Waals surface area contributed by atoms with Crippen molar-refractivity contribution in [2.24, 2.45) is 0 Å². The minimum absolute atomic E-state index is 0.103. The molecule has 0 saturated carbocycles. The van der Waals surface area contributed by atoms with E-state index >= 15 is 0 Å². The van der Waals surface area contributed by atoms with Crippen LogP contribution in [0.4, 0.5) is 5.69 Å². The van der Waals surface area contributed by atoms with Gasteiger partial charge in [0, 0.05) is 17.8 Å². The van der Waals surface area contributed by atoms with Crippen LogP contribution in [-0.2, 0) is 4.74 Å². The normalized spacial score (nSPS) is 19.3. The number of amides is 1. The maximum atomic E-state index is 12.3. The first kappa shape index (κ1) is 12.4. The van der Waals surface area contributed by atoms with Crippen LogP contribution in [0.3, 0.4) is 0 Å². The second kappa shape index (κ2) is 5.07. The van der Waals surface area contributed by atoms with Crippen LogP contribution >= 0.6 is 0 Å². The zero-order chi connectivity index (χ0) is 13.1. The summed E-state index contributed by atoms with van der Waals surface area (Å²) in [5.74, 6) is -0.103. The fraction of sp³-hybridized carbons (Fsp3) is 0.385. The number of hydrogen-bond donors (Lipinski definition) is 1. The molecule has 0 aliphatic carbocycles.